The van der Waals surface area contributed by atoms with E-state index in [1.807, 2.05) is 19.2 Å². The maximum atomic E-state index is 12.3. The van der Waals surface area contributed by atoms with Gasteiger partial charge < -0.3 is 14.4 Å². The summed E-state index contributed by atoms with van der Waals surface area (Å²) in [5, 5.41) is 0. The molecular formula is C13H17NO3. The molecule has 1 atom stereocenters. The van der Waals surface area contributed by atoms with Crippen molar-refractivity contribution in [1.29, 1.82) is 0 Å². The van der Waals surface area contributed by atoms with Gasteiger partial charge in [0.25, 0.3) is 0 Å². The number of benzene rings is 1. The van der Waals surface area contributed by atoms with Crippen LogP contribution in [-0.4, -0.2) is 50.6 Å². The minimum absolute atomic E-state index is 0.00556. The molecule has 1 aliphatic rings. The Labute approximate surface area is 101 Å². The first-order valence-corrected chi connectivity index (χ1v) is 5.69. The third kappa shape index (κ3) is 2.65. The van der Waals surface area contributed by atoms with Crippen LogP contribution in [0.3, 0.4) is 0 Å². The molecule has 1 aliphatic heterocycles. The lowest BCUT2D eigenvalue weighted by atomic mass is 10.0. The quantitative estimate of drug-likeness (QED) is 0.738. The highest BCUT2D eigenvalue weighted by Gasteiger charge is 2.27. The van der Waals surface area contributed by atoms with Gasteiger partial charge in [-0.25, -0.2) is 0 Å². The molecule has 1 aromatic carbocycles. The van der Waals surface area contributed by atoms with Gasteiger partial charge in [0.1, 0.15) is 11.9 Å². The van der Waals surface area contributed by atoms with E-state index in [4.69, 9.17) is 9.47 Å². The van der Waals surface area contributed by atoms with Crippen LogP contribution in [0, 0.1) is 0 Å². The van der Waals surface area contributed by atoms with Crippen molar-refractivity contribution in [3.8, 4) is 5.75 Å². The lowest BCUT2D eigenvalue weighted by Crippen LogP contribution is -2.44. The molecule has 1 fully saturated rings. The van der Waals surface area contributed by atoms with Crippen LogP contribution in [0.2, 0.25) is 0 Å². The second-order valence-electron chi connectivity index (χ2n) is 4.19. The average Bonchev–Trinajstić information content (AvgIpc) is 2.38. The Kier molecular flexibility index (Phi) is 3.76. The number of rotatable bonds is 3. The molecule has 0 spiro atoms. The molecule has 2 rings (SSSR count). The summed E-state index contributed by atoms with van der Waals surface area (Å²) in [5.41, 5.74) is 0.593. The normalized spacial score (nSPS) is 21.2. The summed E-state index contributed by atoms with van der Waals surface area (Å²) in [6, 6.07) is 7.25. The smallest absolute Gasteiger partial charge is 0.196 e. The molecule has 0 radical (unpaired) electrons. The molecule has 4 nitrogen and oxygen atoms in total. The molecule has 0 saturated carbocycles. The molecule has 1 heterocycles. The standard InChI is InChI=1S/C13H17NO3/c1-14-7-8-17-12(9-14)13(15)10-5-3-4-6-11(10)16-2/h3-6,12H,7-9H2,1-2H3. The van der Waals surface area contributed by atoms with Crippen molar-refractivity contribution in [3.05, 3.63) is 29.8 Å². The monoisotopic (exact) mass is 235 g/mol. The van der Waals surface area contributed by atoms with Gasteiger partial charge in [-0.1, -0.05) is 12.1 Å². The third-order valence-corrected chi connectivity index (χ3v) is 2.93. The number of likely N-dealkylation sites (N-methyl/N-ethyl adjacent to an activating group) is 1. The van der Waals surface area contributed by atoms with Crippen molar-refractivity contribution < 1.29 is 14.3 Å². The maximum Gasteiger partial charge on any atom is 0.196 e. The van der Waals surface area contributed by atoms with E-state index in [0.29, 0.717) is 24.5 Å². The zero-order chi connectivity index (χ0) is 12.3. The van der Waals surface area contributed by atoms with E-state index in [2.05, 4.69) is 4.90 Å². The van der Waals surface area contributed by atoms with E-state index < -0.39 is 0 Å². The Morgan fingerprint density at radius 1 is 1.47 bits per heavy atom. The van der Waals surface area contributed by atoms with Crippen molar-refractivity contribution in [2.24, 2.45) is 0 Å². The van der Waals surface area contributed by atoms with Crippen LogP contribution in [-0.2, 0) is 4.74 Å². The van der Waals surface area contributed by atoms with Gasteiger partial charge in [-0.15, -0.1) is 0 Å². The van der Waals surface area contributed by atoms with Crippen molar-refractivity contribution in [1.82, 2.24) is 4.90 Å². The largest absolute Gasteiger partial charge is 0.496 e. The van der Waals surface area contributed by atoms with Crippen LogP contribution >= 0.6 is 0 Å². The molecule has 92 valence electrons. The molecule has 1 unspecified atom stereocenters. The highest BCUT2D eigenvalue weighted by molar-refractivity contribution is 6.02. The molecule has 0 aromatic heterocycles. The molecule has 1 aromatic rings. The number of nitrogens with zero attached hydrogens (tertiary/aromatic N) is 1. The molecule has 4 heteroatoms. The summed E-state index contributed by atoms with van der Waals surface area (Å²) in [7, 11) is 3.56. The van der Waals surface area contributed by atoms with E-state index in [0.717, 1.165) is 6.54 Å². The second kappa shape index (κ2) is 5.29. The average molecular weight is 235 g/mol. The Hall–Kier alpha value is -1.39. The summed E-state index contributed by atoms with van der Waals surface area (Å²) in [4.78, 5) is 14.4. The van der Waals surface area contributed by atoms with E-state index in [1.165, 1.54) is 0 Å². The second-order valence-corrected chi connectivity index (χ2v) is 4.19. The number of Topliss-reactive ketones (excluding diaryl/α,β-unsaturated/α-hetero) is 1. The summed E-state index contributed by atoms with van der Waals surface area (Å²) in [5.74, 6) is 0.600. The first-order valence-electron chi connectivity index (χ1n) is 5.69. The minimum atomic E-state index is -0.384. The molecule has 17 heavy (non-hydrogen) atoms. The number of para-hydroxylation sites is 1. The van der Waals surface area contributed by atoms with Crippen LogP contribution in [0.15, 0.2) is 24.3 Å². The van der Waals surface area contributed by atoms with Crippen LogP contribution < -0.4 is 4.74 Å². The van der Waals surface area contributed by atoms with Gasteiger partial charge in [0.2, 0.25) is 0 Å². The third-order valence-electron chi connectivity index (χ3n) is 2.93. The first-order chi connectivity index (χ1) is 8.22. The number of hydrogen-bond acceptors (Lipinski definition) is 4. The zero-order valence-electron chi connectivity index (χ0n) is 10.2. The van der Waals surface area contributed by atoms with Gasteiger partial charge in [-0.3, -0.25) is 4.79 Å². The summed E-state index contributed by atoms with van der Waals surface area (Å²) in [6.07, 6.45) is -0.384. The van der Waals surface area contributed by atoms with Gasteiger partial charge >= 0.3 is 0 Å². The van der Waals surface area contributed by atoms with Gasteiger partial charge in [0.05, 0.1) is 19.3 Å². The van der Waals surface area contributed by atoms with Crippen molar-refractivity contribution in [2.45, 2.75) is 6.10 Å². The van der Waals surface area contributed by atoms with Gasteiger partial charge in [0.15, 0.2) is 5.78 Å². The minimum Gasteiger partial charge on any atom is -0.496 e. The fourth-order valence-corrected chi connectivity index (χ4v) is 1.96. The fraction of sp³-hybridized carbons (Fsp3) is 0.462. The summed E-state index contributed by atoms with van der Waals surface area (Å²) in [6.45, 7) is 2.11. The Morgan fingerprint density at radius 2 is 2.24 bits per heavy atom. The summed E-state index contributed by atoms with van der Waals surface area (Å²) < 4.78 is 10.7. The van der Waals surface area contributed by atoms with E-state index in [-0.39, 0.29) is 11.9 Å². The Morgan fingerprint density at radius 3 is 2.94 bits per heavy atom. The van der Waals surface area contributed by atoms with Gasteiger partial charge in [-0.05, 0) is 19.2 Å². The predicted octanol–water partition coefficient (Wildman–Crippen LogP) is 1.21. The number of ketones is 1. The highest BCUT2D eigenvalue weighted by Crippen LogP contribution is 2.21. The lowest BCUT2D eigenvalue weighted by molar-refractivity contribution is -0.00875. The van der Waals surface area contributed by atoms with Crippen LogP contribution in [0.1, 0.15) is 10.4 Å². The van der Waals surface area contributed by atoms with Crippen molar-refractivity contribution in [2.75, 3.05) is 33.9 Å². The van der Waals surface area contributed by atoms with Crippen molar-refractivity contribution >= 4 is 5.78 Å². The maximum absolute atomic E-state index is 12.3. The first kappa shape index (κ1) is 12.1. The van der Waals surface area contributed by atoms with Crippen molar-refractivity contribution in [3.63, 3.8) is 0 Å². The number of ether oxygens (including phenoxy) is 2. The molecule has 0 amide bonds. The Bertz CT molecular complexity index is 405. The number of carbonyl (C=O) groups is 1. The highest BCUT2D eigenvalue weighted by atomic mass is 16.5. The predicted molar refractivity (Wildman–Crippen MR) is 64.6 cm³/mol. The van der Waals surface area contributed by atoms with Crippen LogP contribution in [0.4, 0.5) is 0 Å². The molecule has 0 aliphatic carbocycles. The lowest BCUT2D eigenvalue weighted by Gasteiger charge is -2.29. The van der Waals surface area contributed by atoms with E-state index in [9.17, 15) is 4.79 Å². The molecule has 0 bridgehead atoms. The van der Waals surface area contributed by atoms with Crippen LogP contribution in [0.5, 0.6) is 5.75 Å². The Balaban J connectivity index is 2.18. The van der Waals surface area contributed by atoms with Crippen LogP contribution in [0.25, 0.3) is 0 Å². The SMILES string of the molecule is COc1ccccc1C(=O)C1CN(C)CCO1. The molecular weight excluding hydrogens is 218 g/mol. The molecule has 1 saturated heterocycles. The van der Waals surface area contributed by atoms with E-state index >= 15 is 0 Å². The number of morpholine rings is 1. The summed E-state index contributed by atoms with van der Waals surface area (Å²) >= 11 is 0. The topological polar surface area (TPSA) is 38.8 Å². The number of carbonyl (C=O) groups excluding carboxylic acids is 1. The number of hydrogen-bond donors (Lipinski definition) is 0. The zero-order valence-corrected chi connectivity index (χ0v) is 10.2. The fourth-order valence-electron chi connectivity index (χ4n) is 1.96. The number of methoxy groups -OCH3 is 1. The van der Waals surface area contributed by atoms with Gasteiger partial charge in [-0.2, -0.15) is 0 Å². The van der Waals surface area contributed by atoms with E-state index in [1.54, 1.807) is 19.2 Å². The van der Waals surface area contributed by atoms with Gasteiger partial charge in [0, 0.05) is 13.1 Å². The molecule has 0 N–H and O–H groups in total.